The maximum atomic E-state index is 13.8. The fourth-order valence-electron chi connectivity index (χ4n) is 6.47. The van der Waals surface area contributed by atoms with Crippen molar-refractivity contribution in [3.63, 3.8) is 0 Å². The van der Waals surface area contributed by atoms with Gasteiger partial charge in [-0.25, -0.2) is 4.98 Å². The Labute approximate surface area is 235 Å². The molecule has 0 radical (unpaired) electrons. The third-order valence-electron chi connectivity index (χ3n) is 8.74. The van der Waals surface area contributed by atoms with E-state index >= 15 is 0 Å². The molecule has 4 heterocycles. The zero-order valence-corrected chi connectivity index (χ0v) is 23.1. The molecule has 2 atom stereocenters. The average molecular weight is 543 g/mol. The van der Waals surface area contributed by atoms with Gasteiger partial charge in [-0.15, -0.1) is 0 Å². The lowest BCUT2D eigenvalue weighted by Crippen LogP contribution is -2.56. The molecule has 210 valence electrons. The number of rotatable bonds is 5. The average Bonchev–Trinajstić information content (AvgIpc) is 3.52. The monoisotopic (exact) mass is 542 g/mol. The van der Waals surface area contributed by atoms with Crippen LogP contribution in [0.25, 0.3) is 5.69 Å². The van der Waals surface area contributed by atoms with E-state index in [-0.39, 0.29) is 23.9 Å². The summed E-state index contributed by atoms with van der Waals surface area (Å²) in [4.78, 5) is 35.7. The number of likely N-dealkylation sites (tertiary alicyclic amines) is 2. The number of β-amino-alcohol motifs (C(OH)–C–C–N with tert-alkyl or cyclic N) is 1. The maximum absolute atomic E-state index is 13.8. The highest BCUT2D eigenvalue weighted by atomic mass is 16.3. The molecule has 2 aromatic carbocycles. The van der Waals surface area contributed by atoms with Crippen LogP contribution in [0.1, 0.15) is 47.7 Å². The fourth-order valence-corrected chi connectivity index (χ4v) is 6.47. The first kappa shape index (κ1) is 26.5. The van der Waals surface area contributed by atoms with Crippen molar-refractivity contribution in [1.29, 1.82) is 0 Å². The van der Waals surface area contributed by atoms with Crippen LogP contribution in [-0.2, 0) is 17.8 Å². The molecular weight excluding hydrogens is 504 g/mol. The summed E-state index contributed by atoms with van der Waals surface area (Å²) < 4.78 is 1.90. The molecule has 6 rings (SSSR count). The van der Waals surface area contributed by atoms with Crippen molar-refractivity contribution in [3.05, 3.63) is 77.9 Å². The minimum absolute atomic E-state index is 0.0489. The minimum atomic E-state index is -0.594. The van der Waals surface area contributed by atoms with Crippen molar-refractivity contribution in [2.24, 2.45) is 0 Å². The van der Waals surface area contributed by atoms with Gasteiger partial charge >= 0.3 is 0 Å². The molecule has 2 N–H and O–H groups in total. The quantitative estimate of drug-likeness (QED) is 0.515. The normalized spacial score (nSPS) is 22.1. The van der Waals surface area contributed by atoms with Crippen LogP contribution in [0, 0.1) is 0 Å². The lowest BCUT2D eigenvalue weighted by atomic mass is 9.94. The SMILES string of the molecule is CC(=O)N1CCC(Nc2cc(C(=O)N3CC[C@@H](N4CCc5ccccc5C4)[C@H](O)C3)cc(-n3ccnc3)c2)CC1. The Morgan fingerprint density at radius 2 is 1.75 bits per heavy atom. The van der Waals surface area contributed by atoms with Gasteiger partial charge in [-0.2, -0.15) is 0 Å². The van der Waals surface area contributed by atoms with Gasteiger partial charge in [0.25, 0.3) is 5.91 Å². The summed E-state index contributed by atoms with van der Waals surface area (Å²) in [5.74, 6) is 0.0439. The minimum Gasteiger partial charge on any atom is -0.390 e. The van der Waals surface area contributed by atoms with Gasteiger partial charge in [0.05, 0.1) is 12.4 Å². The second-order valence-electron chi connectivity index (χ2n) is 11.3. The number of fused-ring (bicyclic) bond motifs is 1. The summed E-state index contributed by atoms with van der Waals surface area (Å²) in [5, 5.41) is 14.8. The van der Waals surface area contributed by atoms with E-state index in [9.17, 15) is 14.7 Å². The summed E-state index contributed by atoms with van der Waals surface area (Å²) in [6.45, 7) is 5.79. The van der Waals surface area contributed by atoms with Gasteiger partial charge in [-0.1, -0.05) is 24.3 Å². The van der Waals surface area contributed by atoms with Crippen LogP contribution in [0.15, 0.2) is 61.2 Å². The van der Waals surface area contributed by atoms with Crippen molar-refractivity contribution in [2.45, 2.75) is 57.3 Å². The second-order valence-corrected chi connectivity index (χ2v) is 11.3. The molecule has 1 aromatic heterocycles. The lowest BCUT2D eigenvalue weighted by Gasteiger charge is -2.43. The van der Waals surface area contributed by atoms with Crippen molar-refractivity contribution >= 4 is 17.5 Å². The smallest absolute Gasteiger partial charge is 0.254 e. The van der Waals surface area contributed by atoms with Crippen molar-refractivity contribution in [2.75, 3.05) is 38.0 Å². The van der Waals surface area contributed by atoms with E-state index < -0.39 is 6.10 Å². The lowest BCUT2D eigenvalue weighted by molar-refractivity contribution is -0.129. The molecule has 0 saturated carbocycles. The van der Waals surface area contributed by atoms with Crippen LogP contribution in [-0.4, -0.2) is 92.1 Å². The highest BCUT2D eigenvalue weighted by molar-refractivity contribution is 5.96. The third kappa shape index (κ3) is 5.62. The van der Waals surface area contributed by atoms with Crippen LogP contribution in [0.2, 0.25) is 0 Å². The van der Waals surface area contributed by atoms with E-state index in [0.717, 1.165) is 63.2 Å². The Kier molecular flexibility index (Phi) is 7.58. The Hall–Kier alpha value is -3.69. The number of benzene rings is 2. The molecule has 0 aliphatic carbocycles. The highest BCUT2D eigenvalue weighted by Crippen LogP contribution is 2.27. The Balaban J connectivity index is 1.15. The molecule has 2 saturated heterocycles. The Bertz CT molecular complexity index is 1350. The topological polar surface area (TPSA) is 93.9 Å². The molecule has 0 bridgehead atoms. The first-order chi connectivity index (χ1) is 19.4. The largest absolute Gasteiger partial charge is 0.390 e. The molecule has 40 heavy (non-hydrogen) atoms. The standard InChI is InChI=1S/C31H38N6O3/c1-22(38)34-12-7-26(8-13-34)33-27-16-25(17-28(18-27)37-15-10-32-21-37)31(40)36-14-9-29(30(39)20-36)35-11-6-23-4-2-3-5-24(23)19-35/h2-5,10,15-18,21,26,29-30,33,39H,6-9,11-14,19-20H2,1H3/t29-,30-/m1/s1. The van der Waals surface area contributed by atoms with Crippen molar-refractivity contribution in [3.8, 4) is 5.69 Å². The Morgan fingerprint density at radius 1 is 0.975 bits per heavy atom. The number of hydrogen-bond acceptors (Lipinski definition) is 6. The van der Waals surface area contributed by atoms with Gasteiger partial charge in [-0.3, -0.25) is 14.5 Å². The molecule has 2 fully saturated rings. The van der Waals surface area contributed by atoms with E-state index in [1.54, 1.807) is 24.3 Å². The number of carbonyl (C=O) groups excluding carboxylic acids is 2. The molecule has 2 amide bonds. The number of aliphatic hydroxyl groups is 1. The van der Waals surface area contributed by atoms with Crippen LogP contribution < -0.4 is 5.32 Å². The van der Waals surface area contributed by atoms with E-state index in [2.05, 4.69) is 39.5 Å². The molecule has 0 spiro atoms. The summed E-state index contributed by atoms with van der Waals surface area (Å²) in [7, 11) is 0. The van der Waals surface area contributed by atoms with E-state index in [1.807, 2.05) is 33.9 Å². The fraction of sp³-hybridized carbons (Fsp3) is 0.452. The van der Waals surface area contributed by atoms with Crippen LogP contribution in [0.4, 0.5) is 5.69 Å². The van der Waals surface area contributed by atoms with Crippen LogP contribution in [0.5, 0.6) is 0 Å². The molecule has 9 nitrogen and oxygen atoms in total. The van der Waals surface area contributed by atoms with Gasteiger partial charge in [0, 0.05) is 87.6 Å². The molecule has 3 aliphatic heterocycles. The molecular formula is C31H38N6O3. The van der Waals surface area contributed by atoms with E-state index in [1.165, 1.54) is 11.1 Å². The van der Waals surface area contributed by atoms with Crippen molar-refractivity contribution in [1.82, 2.24) is 24.3 Å². The number of amides is 2. The summed E-state index contributed by atoms with van der Waals surface area (Å²) in [6, 6.07) is 14.7. The zero-order chi connectivity index (χ0) is 27.6. The first-order valence-corrected chi connectivity index (χ1v) is 14.4. The van der Waals surface area contributed by atoms with Gasteiger partial charge in [0.1, 0.15) is 0 Å². The Morgan fingerprint density at radius 3 is 2.48 bits per heavy atom. The number of aromatic nitrogens is 2. The highest BCUT2D eigenvalue weighted by Gasteiger charge is 2.35. The molecule has 9 heteroatoms. The van der Waals surface area contributed by atoms with Gasteiger partial charge in [0.2, 0.25) is 5.91 Å². The summed E-state index contributed by atoms with van der Waals surface area (Å²) in [6.07, 6.45) is 8.18. The van der Waals surface area contributed by atoms with Gasteiger partial charge < -0.3 is 24.8 Å². The zero-order valence-electron chi connectivity index (χ0n) is 23.1. The number of piperidine rings is 2. The second kappa shape index (κ2) is 11.4. The molecule has 3 aliphatic rings. The maximum Gasteiger partial charge on any atom is 0.254 e. The van der Waals surface area contributed by atoms with Crippen LogP contribution >= 0.6 is 0 Å². The number of nitrogens with zero attached hydrogens (tertiary/aromatic N) is 5. The van der Waals surface area contributed by atoms with Crippen LogP contribution in [0.3, 0.4) is 0 Å². The van der Waals surface area contributed by atoms with E-state index in [4.69, 9.17) is 0 Å². The van der Waals surface area contributed by atoms with Gasteiger partial charge in [0.15, 0.2) is 0 Å². The van der Waals surface area contributed by atoms with Gasteiger partial charge in [-0.05, 0) is 55.0 Å². The molecule has 3 aromatic rings. The summed E-state index contributed by atoms with van der Waals surface area (Å²) >= 11 is 0. The van der Waals surface area contributed by atoms with Crippen molar-refractivity contribution < 1.29 is 14.7 Å². The predicted octanol–water partition coefficient (Wildman–Crippen LogP) is 2.93. The third-order valence-corrected chi connectivity index (χ3v) is 8.74. The predicted molar refractivity (Wildman–Crippen MR) is 153 cm³/mol. The number of anilines is 1. The van der Waals surface area contributed by atoms with E-state index in [0.29, 0.717) is 18.7 Å². The first-order valence-electron chi connectivity index (χ1n) is 14.4. The number of carbonyl (C=O) groups is 2. The number of nitrogens with one attached hydrogen (secondary N) is 1. The molecule has 0 unspecified atom stereocenters. The number of aliphatic hydroxyl groups excluding tert-OH is 1. The summed E-state index contributed by atoms with van der Waals surface area (Å²) in [5.41, 5.74) is 5.05. The number of imidazole rings is 1. The number of hydrogen-bond donors (Lipinski definition) is 2.